The molecular weight excluding hydrogens is 513 g/mol. The van der Waals surface area contributed by atoms with Crippen molar-refractivity contribution in [1.82, 2.24) is 0 Å². The second-order valence-electron chi connectivity index (χ2n) is 8.47. The molecule has 5 rings (SSSR count). The van der Waals surface area contributed by atoms with Crippen LogP contribution in [0, 0.1) is 5.92 Å². The molecular formula is C26H18ClF3N2O5. The van der Waals surface area contributed by atoms with Crippen LogP contribution in [0.15, 0.2) is 72.8 Å². The lowest BCUT2D eigenvalue weighted by atomic mass is 9.90. The lowest BCUT2D eigenvalue weighted by molar-refractivity contribution is -0.137. The van der Waals surface area contributed by atoms with Gasteiger partial charge in [0.1, 0.15) is 5.92 Å². The van der Waals surface area contributed by atoms with Gasteiger partial charge in [0.25, 0.3) is 5.91 Å². The molecule has 7 nitrogen and oxygen atoms in total. The van der Waals surface area contributed by atoms with Crippen molar-refractivity contribution in [1.29, 1.82) is 0 Å². The molecule has 0 aliphatic carbocycles. The SMILES string of the molecule is COC(=O)c1ccc([C@H]2[C@@H]3C(=O)N(c4cccc(C(F)(F)F)c4)C(=O)[C@@H]3ON2c2ccc(Cl)cc2)cc1. The highest BCUT2D eigenvalue weighted by Gasteiger charge is 2.60. The minimum atomic E-state index is -4.65. The van der Waals surface area contributed by atoms with Gasteiger partial charge in [-0.05, 0) is 60.2 Å². The summed E-state index contributed by atoms with van der Waals surface area (Å²) in [5, 5.41) is 1.88. The zero-order valence-corrected chi connectivity index (χ0v) is 19.9. The number of methoxy groups -OCH3 is 1. The number of benzene rings is 3. The van der Waals surface area contributed by atoms with Gasteiger partial charge in [-0.1, -0.05) is 29.8 Å². The number of ether oxygens (including phenoxy) is 1. The number of fused-ring (bicyclic) bond motifs is 1. The Morgan fingerprint density at radius 3 is 2.24 bits per heavy atom. The second-order valence-corrected chi connectivity index (χ2v) is 8.91. The quantitative estimate of drug-likeness (QED) is 0.341. The maximum atomic E-state index is 13.6. The smallest absolute Gasteiger partial charge is 0.416 e. The van der Waals surface area contributed by atoms with Gasteiger partial charge < -0.3 is 4.74 Å². The minimum Gasteiger partial charge on any atom is -0.465 e. The van der Waals surface area contributed by atoms with Crippen molar-refractivity contribution in [3.05, 3.63) is 94.5 Å². The number of halogens is 4. The fraction of sp³-hybridized carbons (Fsp3) is 0.192. The van der Waals surface area contributed by atoms with E-state index in [2.05, 4.69) is 0 Å². The van der Waals surface area contributed by atoms with Crippen LogP contribution in [-0.2, 0) is 25.3 Å². The van der Waals surface area contributed by atoms with Gasteiger partial charge in [0, 0.05) is 5.02 Å². The van der Waals surface area contributed by atoms with Crippen molar-refractivity contribution >= 4 is 40.8 Å². The lowest BCUT2D eigenvalue weighted by Crippen LogP contribution is -2.37. The summed E-state index contributed by atoms with van der Waals surface area (Å²) < 4.78 is 44.6. The third-order valence-corrected chi connectivity index (χ3v) is 6.55. The molecule has 0 radical (unpaired) electrons. The van der Waals surface area contributed by atoms with Crippen molar-refractivity contribution in [2.45, 2.75) is 18.3 Å². The summed E-state index contributed by atoms with van der Waals surface area (Å²) in [5.41, 5.74) is 0.148. The molecule has 3 aromatic carbocycles. The molecule has 3 atom stereocenters. The summed E-state index contributed by atoms with van der Waals surface area (Å²) in [7, 11) is 1.25. The molecule has 2 aliphatic heterocycles. The van der Waals surface area contributed by atoms with Crippen LogP contribution in [0.5, 0.6) is 0 Å². The van der Waals surface area contributed by atoms with E-state index in [9.17, 15) is 27.6 Å². The third-order valence-electron chi connectivity index (χ3n) is 6.30. The van der Waals surface area contributed by atoms with Crippen molar-refractivity contribution in [3.63, 3.8) is 0 Å². The number of hydrogen-bond acceptors (Lipinski definition) is 6. The number of nitrogens with zero attached hydrogens (tertiary/aromatic N) is 2. The Labute approximate surface area is 213 Å². The maximum Gasteiger partial charge on any atom is 0.416 e. The molecule has 0 N–H and O–H groups in total. The molecule has 0 unspecified atom stereocenters. The number of carbonyl (C=O) groups is 3. The van der Waals surface area contributed by atoms with E-state index in [1.54, 1.807) is 36.4 Å². The normalized spacial score (nSPS) is 21.4. The van der Waals surface area contributed by atoms with Gasteiger partial charge in [0.15, 0.2) is 6.10 Å². The number of esters is 1. The van der Waals surface area contributed by atoms with E-state index in [1.807, 2.05) is 0 Å². The molecule has 3 aromatic rings. The molecule has 37 heavy (non-hydrogen) atoms. The molecule has 0 spiro atoms. The fourth-order valence-electron chi connectivity index (χ4n) is 4.58. The van der Waals surface area contributed by atoms with Crippen molar-refractivity contribution in [2.24, 2.45) is 5.92 Å². The number of carbonyl (C=O) groups excluding carboxylic acids is 3. The maximum absolute atomic E-state index is 13.6. The van der Waals surface area contributed by atoms with E-state index in [-0.39, 0.29) is 11.3 Å². The largest absolute Gasteiger partial charge is 0.465 e. The molecule has 2 aliphatic rings. The lowest BCUT2D eigenvalue weighted by Gasteiger charge is -2.29. The predicted molar refractivity (Wildman–Crippen MR) is 127 cm³/mol. The molecule has 2 fully saturated rings. The Bertz CT molecular complexity index is 1380. The third kappa shape index (κ3) is 4.32. The molecule has 0 saturated carbocycles. The molecule has 0 aromatic heterocycles. The summed E-state index contributed by atoms with van der Waals surface area (Å²) >= 11 is 6.01. The topological polar surface area (TPSA) is 76.2 Å². The zero-order valence-electron chi connectivity index (χ0n) is 19.1. The molecule has 2 saturated heterocycles. The van der Waals surface area contributed by atoms with Crippen molar-refractivity contribution in [2.75, 3.05) is 17.1 Å². The van der Waals surface area contributed by atoms with Crippen LogP contribution in [0.3, 0.4) is 0 Å². The van der Waals surface area contributed by atoms with Crippen LogP contribution in [0.25, 0.3) is 0 Å². The first kappa shape index (κ1) is 24.8. The van der Waals surface area contributed by atoms with Crippen LogP contribution in [0.4, 0.5) is 24.5 Å². The highest BCUT2D eigenvalue weighted by atomic mass is 35.5. The van der Waals surface area contributed by atoms with Crippen molar-refractivity contribution in [3.8, 4) is 0 Å². The average Bonchev–Trinajstić information content (AvgIpc) is 3.39. The van der Waals surface area contributed by atoms with E-state index >= 15 is 0 Å². The Morgan fingerprint density at radius 1 is 0.946 bits per heavy atom. The first-order valence-electron chi connectivity index (χ1n) is 11.0. The zero-order chi connectivity index (χ0) is 26.5. The minimum absolute atomic E-state index is 0.194. The number of amides is 2. The second kappa shape index (κ2) is 9.20. The highest BCUT2D eigenvalue weighted by Crippen LogP contribution is 2.48. The van der Waals surface area contributed by atoms with Crippen LogP contribution in [0.1, 0.15) is 27.5 Å². The van der Waals surface area contributed by atoms with E-state index in [0.29, 0.717) is 16.3 Å². The molecule has 0 bridgehead atoms. The first-order chi connectivity index (χ1) is 17.6. The van der Waals surface area contributed by atoms with Gasteiger partial charge in [-0.15, -0.1) is 0 Å². The number of anilines is 2. The van der Waals surface area contributed by atoms with E-state index < -0.39 is 47.6 Å². The van der Waals surface area contributed by atoms with Gasteiger partial charge >= 0.3 is 12.1 Å². The van der Waals surface area contributed by atoms with Gasteiger partial charge in [0.2, 0.25) is 5.91 Å². The van der Waals surface area contributed by atoms with Gasteiger partial charge in [0.05, 0.1) is 35.7 Å². The number of alkyl halides is 3. The van der Waals surface area contributed by atoms with Crippen LogP contribution >= 0.6 is 11.6 Å². The summed E-state index contributed by atoms with van der Waals surface area (Å²) in [6.07, 6.45) is -5.92. The average molecular weight is 531 g/mol. The van der Waals surface area contributed by atoms with E-state index in [1.165, 1.54) is 30.4 Å². The van der Waals surface area contributed by atoms with E-state index in [4.69, 9.17) is 21.2 Å². The van der Waals surface area contributed by atoms with Gasteiger partial charge in [-0.2, -0.15) is 13.2 Å². The Balaban J connectivity index is 1.56. The van der Waals surface area contributed by atoms with Crippen LogP contribution in [0.2, 0.25) is 5.02 Å². The summed E-state index contributed by atoms with van der Waals surface area (Å²) in [6, 6.07) is 16.0. The van der Waals surface area contributed by atoms with Crippen LogP contribution < -0.4 is 9.96 Å². The standard InChI is InChI=1S/C26H18ClF3N2O5/c1-36-25(35)15-7-5-14(6-8-15)21-20-22(37-32(21)18-11-9-17(27)10-12-18)24(34)31(23(20)33)19-4-2-3-16(13-19)26(28,29)30/h2-13,20-22H,1H3/t20-,21-,22+/m0/s1. The van der Waals surface area contributed by atoms with Gasteiger partial charge in [-0.3, -0.25) is 14.4 Å². The summed E-state index contributed by atoms with van der Waals surface area (Å²) in [4.78, 5) is 45.5. The van der Waals surface area contributed by atoms with Crippen molar-refractivity contribution < 1.29 is 37.1 Å². The monoisotopic (exact) mass is 530 g/mol. The number of hydroxylamine groups is 1. The summed E-state index contributed by atoms with van der Waals surface area (Å²) in [5.74, 6) is -3.10. The number of hydrogen-bond donors (Lipinski definition) is 0. The highest BCUT2D eigenvalue weighted by molar-refractivity contribution is 6.30. The summed E-state index contributed by atoms with van der Waals surface area (Å²) in [6.45, 7) is 0. The predicted octanol–water partition coefficient (Wildman–Crippen LogP) is 5.20. The Morgan fingerprint density at radius 2 is 1.62 bits per heavy atom. The van der Waals surface area contributed by atoms with E-state index in [0.717, 1.165) is 23.1 Å². The fourth-order valence-corrected chi connectivity index (χ4v) is 4.70. The number of imide groups is 1. The molecule has 11 heteroatoms. The molecule has 2 heterocycles. The Hall–Kier alpha value is -3.89. The Kier molecular flexibility index (Phi) is 6.17. The first-order valence-corrected chi connectivity index (χ1v) is 11.4. The molecule has 2 amide bonds. The number of rotatable bonds is 4. The van der Waals surface area contributed by atoms with Gasteiger partial charge in [-0.25, -0.2) is 14.8 Å². The molecule has 190 valence electrons. The van der Waals surface area contributed by atoms with Crippen LogP contribution in [-0.4, -0.2) is 31.0 Å².